The summed E-state index contributed by atoms with van der Waals surface area (Å²) in [6.45, 7) is 0. The summed E-state index contributed by atoms with van der Waals surface area (Å²) in [6, 6.07) is 14.7. The van der Waals surface area contributed by atoms with Crippen LogP contribution in [0.15, 0.2) is 48.5 Å². The Kier molecular flexibility index (Phi) is 2.57. The lowest BCUT2D eigenvalue weighted by Crippen LogP contribution is -1.90. The van der Waals surface area contributed by atoms with Crippen LogP contribution in [-0.2, 0) is 6.42 Å². The number of fused-ring (bicyclic) bond motifs is 3. The first kappa shape index (κ1) is 11.6. The minimum atomic E-state index is -0.230. The van der Waals surface area contributed by atoms with E-state index in [1.807, 2.05) is 6.07 Å². The molecule has 4 rings (SSSR count). The standard InChI is InChI=1S/C16H11FN2S/c17-11-5-7-12(8-6-11)18-16-19-15-13-4-2-1-3-10(13)9-14(15)20-16/h1-8H,9H2,(H,18,19). The summed E-state index contributed by atoms with van der Waals surface area (Å²) in [4.78, 5) is 5.95. The number of nitrogens with zero attached hydrogens (tertiary/aromatic N) is 1. The van der Waals surface area contributed by atoms with Gasteiger partial charge in [-0.05, 0) is 29.8 Å². The molecule has 0 bridgehead atoms. The summed E-state index contributed by atoms with van der Waals surface area (Å²) in [5, 5.41) is 4.09. The van der Waals surface area contributed by atoms with E-state index in [1.54, 1.807) is 23.5 Å². The third-order valence-corrected chi connectivity index (χ3v) is 4.39. The number of hydrogen-bond acceptors (Lipinski definition) is 3. The number of benzene rings is 2. The lowest BCUT2D eigenvalue weighted by molar-refractivity contribution is 0.628. The first-order valence-electron chi connectivity index (χ1n) is 6.40. The summed E-state index contributed by atoms with van der Waals surface area (Å²) in [6.07, 6.45) is 0.953. The molecule has 0 spiro atoms. The van der Waals surface area contributed by atoms with Gasteiger partial charge in [-0.2, -0.15) is 0 Å². The summed E-state index contributed by atoms with van der Waals surface area (Å²) < 4.78 is 12.9. The van der Waals surface area contributed by atoms with E-state index in [9.17, 15) is 4.39 Å². The fourth-order valence-corrected chi connectivity index (χ4v) is 3.49. The van der Waals surface area contributed by atoms with Gasteiger partial charge in [0.2, 0.25) is 0 Å². The zero-order valence-electron chi connectivity index (χ0n) is 10.6. The van der Waals surface area contributed by atoms with Crippen molar-refractivity contribution in [3.05, 3.63) is 64.8 Å². The SMILES string of the molecule is Fc1ccc(Nc2nc3c(s2)Cc2ccccc2-3)cc1. The summed E-state index contributed by atoms with van der Waals surface area (Å²) in [5.41, 5.74) is 4.50. The van der Waals surface area contributed by atoms with Gasteiger partial charge in [0.1, 0.15) is 5.82 Å². The quantitative estimate of drug-likeness (QED) is 0.581. The second-order valence-electron chi connectivity index (χ2n) is 4.76. The molecule has 20 heavy (non-hydrogen) atoms. The molecule has 0 atom stereocenters. The molecule has 1 aliphatic carbocycles. The van der Waals surface area contributed by atoms with Crippen molar-refractivity contribution in [2.75, 3.05) is 5.32 Å². The first-order chi connectivity index (χ1) is 9.79. The number of aromatic nitrogens is 1. The number of rotatable bonds is 2. The third-order valence-electron chi connectivity index (χ3n) is 3.42. The van der Waals surface area contributed by atoms with Gasteiger partial charge in [-0.25, -0.2) is 9.37 Å². The van der Waals surface area contributed by atoms with Crippen LogP contribution in [0.25, 0.3) is 11.3 Å². The number of thiazole rings is 1. The van der Waals surface area contributed by atoms with Crippen molar-refractivity contribution in [3.8, 4) is 11.3 Å². The molecule has 2 aromatic carbocycles. The maximum atomic E-state index is 12.9. The number of hydrogen-bond donors (Lipinski definition) is 1. The summed E-state index contributed by atoms with van der Waals surface area (Å²) in [7, 11) is 0. The molecular formula is C16H11FN2S. The molecular weight excluding hydrogens is 271 g/mol. The van der Waals surface area contributed by atoms with Crippen LogP contribution < -0.4 is 5.32 Å². The van der Waals surface area contributed by atoms with Crippen LogP contribution in [0.5, 0.6) is 0 Å². The molecule has 0 radical (unpaired) electrons. The number of nitrogens with one attached hydrogen (secondary N) is 1. The Labute approximate surface area is 119 Å². The van der Waals surface area contributed by atoms with E-state index < -0.39 is 0 Å². The van der Waals surface area contributed by atoms with Crippen molar-refractivity contribution in [2.45, 2.75) is 6.42 Å². The fraction of sp³-hybridized carbons (Fsp3) is 0.0625. The molecule has 0 aliphatic heterocycles. The summed E-state index contributed by atoms with van der Waals surface area (Å²) in [5.74, 6) is -0.230. The lowest BCUT2D eigenvalue weighted by Gasteiger charge is -2.02. The topological polar surface area (TPSA) is 24.9 Å². The molecule has 0 saturated heterocycles. The van der Waals surface area contributed by atoms with Gasteiger partial charge in [0, 0.05) is 22.5 Å². The van der Waals surface area contributed by atoms with Crippen LogP contribution in [0.3, 0.4) is 0 Å². The number of anilines is 2. The van der Waals surface area contributed by atoms with Crippen molar-refractivity contribution >= 4 is 22.2 Å². The monoisotopic (exact) mass is 282 g/mol. The third kappa shape index (κ3) is 1.89. The van der Waals surface area contributed by atoms with Gasteiger partial charge in [-0.3, -0.25) is 0 Å². The van der Waals surface area contributed by atoms with Crippen LogP contribution in [0.4, 0.5) is 15.2 Å². The molecule has 1 N–H and O–H groups in total. The second-order valence-corrected chi connectivity index (χ2v) is 5.84. The van der Waals surface area contributed by atoms with Gasteiger partial charge in [0.25, 0.3) is 0 Å². The molecule has 1 aliphatic rings. The molecule has 0 saturated carbocycles. The van der Waals surface area contributed by atoms with E-state index in [0.29, 0.717) is 0 Å². The van der Waals surface area contributed by atoms with Gasteiger partial charge < -0.3 is 5.32 Å². The molecule has 4 heteroatoms. The Hall–Kier alpha value is -2.20. The average Bonchev–Trinajstić information content (AvgIpc) is 2.98. The van der Waals surface area contributed by atoms with E-state index in [4.69, 9.17) is 0 Å². The highest BCUT2D eigenvalue weighted by atomic mass is 32.1. The molecule has 0 unspecified atom stereocenters. The van der Waals surface area contributed by atoms with Crippen molar-refractivity contribution < 1.29 is 4.39 Å². The maximum Gasteiger partial charge on any atom is 0.187 e. The molecule has 98 valence electrons. The molecule has 1 heterocycles. The van der Waals surface area contributed by atoms with Gasteiger partial charge in [-0.1, -0.05) is 24.3 Å². The largest absolute Gasteiger partial charge is 0.332 e. The average molecular weight is 282 g/mol. The normalized spacial score (nSPS) is 12.1. The molecule has 2 nitrogen and oxygen atoms in total. The van der Waals surface area contributed by atoms with E-state index >= 15 is 0 Å². The van der Waals surface area contributed by atoms with Gasteiger partial charge >= 0.3 is 0 Å². The van der Waals surface area contributed by atoms with E-state index in [-0.39, 0.29) is 5.82 Å². The van der Waals surface area contributed by atoms with Crippen molar-refractivity contribution in [1.82, 2.24) is 4.98 Å². The van der Waals surface area contributed by atoms with Gasteiger partial charge in [-0.15, -0.1) is 11.3 Å². The highest BCUT2D eigenvalue weighted by molar-refractivity contribution is 7.16. The predicted molar refractivity (Wildman–Crippen MR) is 80.0 cm³/mol. The van der Waals surface area contributed by atoms with Crippen LogP contribution in [-0.4, -0.2) is 4.98 Å². The molecule has 3 aromatic rings. The highest BCUT2D eigenvalue weighted by Gasteiger charge is 2.22. The Bertz CT molecular complexity index is 777. The molecule has 0 amide bonds. The van der Waals surface area contributed by atoms with Crippen molar-refractivity contribution in [2.24, 2.45) is 0 Å². The van der Waals surface area contributed by atoms with Crippen LogP contribution in [0, 0.1) is 5.82 Å². The Balaban J connectivity index is 1.66. The highest BCUT2D eigenvalue weighted by Crippen LogP contribution is 2.41. The first-order valence-corrected chi connectivity index (χ1v) is 7.22. The lowest BCUT2D eigenvalue weighted by atomic mass is 10.1. The van der Waals surface area contributed by atoms with Gasteiger partial charge in [0.15, 0.2) is 5.13 Å². The Morgan fingerprint density at radius 2 is 1.85 bits per heavy atom. The zero-order chi connectivity index (χ0) is 13.5. The maximum absolute atomic E-state index is 12.9. The second kappa shape index (κ2) is 4.42. The minimum absolute atomic E-state index is 0.230. The molecule has 1 aromatic heterocycles. The van der Waals surface area contributed by atoms with Gasteiger partial charge in [0.05, 0.1) is 5.69 Å². The van der Waals surface area contributed by atoms with Crippen molar-refractivity contribution in [3.63, 3.8) is 0 Å². The number of halogens is 1. The fourth-order valence-electron chi connectivity index (χ4n) is 2.47. The smallest absolute Gasteiger partial charge is 0.187 e. The minimum Gasteiger partial charge on any atom is -0.332 e. The van der Waals surface area contributed by atoms with Crippen LogP contribution in [0.1, 0.15) is 10.4 Å². The van der Waals surface area contributed by atoms with E-state index in [1.165, 1.54) is 28.1 Å². The molecule has 0 fully saturated rings. The van der Waals surface area contributed by atoms with E-state index in [0.717, 1.165) is 22.9 Å². The van der Waals surface area contributed by atoms with E-state index in [2.05, 4.69) is 28.5 Å². The summed E-state index contributed by atoms with van der Waals surface area (Å²) >= 11 is 1.66. The van der Waals surface area contributed by atoms with Crippen molar-refractivity contribution in [1.29, 1.82) is 0 Å². The van der Waals surface area contributed by atoms with Crippen LogP contribution >= 0.6 is 11.3 Å². The van der Waals surface area contributed by atoms with Crippen LogP contribution in [0.2, 0.25) is 0 Å². The predicted octanol–water partition coefficient (Wildman–Crippen LogP) is 4.60. The zero-order valence-corrected chi connectivity index (χ0v) is 11.4. The Morgan fingerprint density at radius 1 is 1.05 bits per heavy atom. The Morgan fingerprint density at radius 3 is 2.70 bits per heavy atom.